The fourth-order valence-electron chi connectivity index (χ4n) is 4.12. The van der Waals surface area contributed by atoms with Crippen LogP contribution in [0.3, 0.4) is 0 Å². The Hall–Kier alpha value is -1.92. The molecular formula is C32H29ClGeZr-4. The zero-order chi connectivity index (χ0) is 22.2. The zero-order valence-electron chi connectivity index (χ0n) is 20.2. The first kappa shape index (κ1) is 31.1. The third-order valence-electron chi connectivity index (χ3n) is 5.60. The molecule has 0 fully saturated rings. The van der Waals surface area contributed by atoms with Crippen molar-refractivity contribution < 1.29 is 21.6 Å². The van der Waals surface area contributed by atoms with Crippen LogP contribution in [0.1, 0.15) is 24.0 Å². The van der Waals surface area contributed by atoms with E-state index in [0.717, 1.165) is 12.8 Å². The molecule has 4 aromatic carbocycles. The number of hydrogen-bond acceptors (Lipinski definition) is 0. The summed E-state index contributed by atoms with van der Waals surface area (Å²) in [6, 6.07) is 29.9. The summed E-state index contributed by atoms with van der Waals surface area (Å²) in [5, 5.41) is 5.25. The molecule has 2 aliphatic rings. The third kappa shape index (κ3) is 7.53. The van der Waals surface area contributed by atoms with Crippen LogP contribution in [0.5, 0.6) is 0 Å². The van der Waals surface area contributed by atoms with Gasteiger partial charge in [0, 0.05) is 0 Å². The molecule has 35 heavy (non-hydrogen) atoms. The fraction of sp³-hybridized carbons (Fsp3) is 0.0625. The summed E-state index contributed by atoms with van der Waals surface area (Å²) < 4.78 is 0. The van der Waals surface area contributed by atoms with Gasteiger partial charge in [-0.25, -0.2) is 12.2 Å². The summed E-state index contributed by atoms with van der Waals surface area (Å²) >= 11 is 3.64. The van der Waals surface area contributed by atoms with Crippen molar-refractivity contribution in [1.82, 2.24) is 0 Å². The Labute approximate surface area is 237 Å². The van der Waals surface area contributed by atoms with Crippen LogP contribution in [-0.2, 0) is 21.6 Å². The Bertz CT molecular complexity index is 1250. The molecule has 0 aliphatic heterocycles. The first-order valence-corrected chi connectivity index (χ1v) is 18.1. The van der Waals surface area contributed by atoms with E-state index < -0.39 is 0 Å². The van der Waals surface area contributed by atoms with E-state index in [1.54, 1.807) is 21.6 Å². The molecule has 0 aromatic heterocycles. The molecule has 0 spiro atoms. The molecule has 0 atom stereocenters. The van der Waals surface area contributed by atoms with Crippen LogP contribution in [0.15, 0.2) is 109 Å². The normalized spacial score (nSPS) is 12.5. The average Bonchev–Trinajstić information content (AvgIpc) is 3.60. The summed E-state index contributed by atoms with van der Waals surface area (Å²) in [6.45, 7) is 0. The molecule has 3 heteroatoms. The van der Waals surface area contributed by atoms with Crippen LogP contribution in [-0.4, -0.2) is 12.1 Å². The molecule has 2 radical (unpaired) electrons. The first-order chi connectivity index (χ1) is 15.9. The Balaban J connectivity index is 0.000000303. The molecule has 0 unspecified atom stereocenters. The summed E-state index contributed by atoms with van der Waals surface area (Å²) in [5.74, 6) is 0. The molecule has 0 nitrogen and oxygen atoms in total. The van der Waals surface area contributed by atoms with Crippen molar-refractivity contribution in [2.45, 2.75) is 12.8 Å². The van der Waals surface area contributed by atoms with E-state index in [4.69, 9.17) is 0 Å². The van der Waals surface area contributed by atoms with Crippen LogP contribution in [0.4, 0.5) is 0 Å². The molecule has 0 saturated heterocycles. The van der Waals surface area contributed by atoms with Gasteiger partial charge in [-0.2, -0.15) is 23.3 Å². The maximum atomic E-state index is 3.22. The molecule has 0 amide bonds. The predicted octanol–water partition coefficient (Wildman–Crippen LogP) is 8.91. The van der Waals surface area contributed by atoms with Crippen molar-refractivity contribution in [2.24, 2.45) is 0 Å². The van der Waals surface area contributed by atoms with Crippen molar-refractivity contribution in [2.75, 3.05) is 0 Å². The van der Waals surface area contributed by atoms with Gasteiger partial charge in [-0.05, 0) is 21.5 Å². The first-order valence-electron chi connectivity index (χ1n) is 10.6. The van der Waals surface area contributed by atoms with E-state index in [0.29, 0.717) is 0 Å². The summed E-state index contributed by atoms with van der Waals surface area (Å²) in [7, 11) is 0. The van der Waals surface area contributed by atoms with Gasteiger partial charge in [0.2, 0.25) is 0 Å². The second-order valence-corrected chi connectivity index (χ2v) is 7.48. The summed E-state index contributed by atoms with van der Waals surface area (Å²) in [4.78, 5) is 0. The molecular weight excluding hydrogens is 584 g/mol. The van der Waals surface area contributed by atoms with Gasteiger partial charge in [0.05, 0.1) is 0 Å². The number of allylic oxidation sites excluding steroid dienone is 8. The number of benzene rings is 4. The summed E-state index contributed by atoms with van der Waals surface area (Å²) in [5.41, 5.74) is 5.23. The van der Waals surface area contributed by atoms with Gasteiger partial charge < -0.3 is 14.9 Å². The van der Waals surface area contributed by atoms with E-state index >= 15 is 0 Å². The van der Waals surface area contributed by atoms with Gasteiger partial charge in [0.1, 0.15) is 0 Å². The fourth-order valence-corrected chi connectivity index (χ4v) is 4.12. The maximum absolute atomic E-state index is 3.22. The SMILES string of the molecule is Cl.[C-]1=CC(c2cccc3ccccc23)=CC1.[C-]1=CC(c2cccc3ccccc23)=CC1.[CH3-].[CH3-].[Ge]=[Zr]. The van der Waals surface area contributed by atoms with Gasteiger partial charge in [0.15, 0.2) is 0 Å². The van der Waals surface area contributed by atoms with Crippen molar-refractivity contribution in [3.05, 3.63) is 147 Å². The van der Waals surface area contributed by atoms with E-state index in [1.807, 2.05) is 0 Å². The Morgan fingerprint density at radius 3 is 1.29 bits per heavy atom. The molecule has 176 valence electrons. The Kier molecular flexibility index (Phi) is 14.2. The number of hydrogen-bond donors (Lipinski definition) is 0. The topological polar surface area (TPSA) is 0 Å². The quantitative estimate of drug-likeness (QED) is 0.157. The Morgan fingerprint density at radius 2 is 0.914 bits per heavy atom. The van der Waals surface area contributed by atoms with E-state index in [1.165, 1.54) is 43.8 Å². The molecule has 0 saturated carbocycles. The van der Waals surface area contributed by atoms with Crippen LogP contribution in [0.2, 0.25) is 0 Å². The minimum absolute atomic E-state index is 0. The molecule has 0 heterocycles. The van der Waals surface area contributed by atoms with Crippen molar-refractivity contribution in [1.29, 1.82) is 0 Å². The number of halogens is 1. The number of rotatable bonds is 2. The standard InChI is InChI=1S/2C15H11.2CH3.ClH.Ge.Zr/c2*1-2-7-12(6-1)15-11-5-9-13-8-3-4-10-14(13)15;;;;;/h2*3-11H,1H2;2*1H3;1H;;/q4*-1;;;. The Morgan fingerprint density at radius 1 is 0.543 bits per heavy atom. The van der Waals surface area contributed by atoms with Gasteiger partial charge in [-0.15, -0.1) is 25.2 Å². The molecule has 4 aromatic rings. The van der Waals surface area contributed by atoms with Gasteiger partial charge >= 0.3 is 33.7 Å². The third-order valence-corrected chi connectivity index (χ3v) is 5.60. The van der Waals surface area contributed by atoms with Crippen molar-refractivity contribution in [3.63, 3.8) is 0 Å². The predicted molar refractivity (Wildman–Crippen MR) is 155 cm³/mol. The molecule has 6 rings (SSSR count). The second kappa shape index (κ2) is 15.9. The zero-order valence-corrected chi connectivity index (χ0v) is 25.6. The van der Waals surface area contributed by atoms with Crippen molar-refractivity contribution >= 4 is 57.2 Å². The summed E-state index contributed by atoms with van der Waals surface area (Å²) in [6.07, 6.45) is 16.9. The molecule has 0 N–H and O–H groups in total. The minimum atomic E-state index is 0. The second-order valence-electron chi connectivity index (χ2n) is 7.48. The van der Waals surface area contributed by atoms with Crippen LogP contribution in [0, 0.1) is 27.0 Å². The van der Waals surface area contributed by atoms with Crippen LogP contribution < -0.4 is 0 Å². The van der Waals surface area contributed by atoms with Crippen LogP contribution in [0.25, 0.3) is 32.7 Å². The van der Waals surface area contributed by atoms with Crippen molar-refractivity contribution in [3.8, 4) is 0 Å². The average molecular weight is 613 g/mol. The van der Waals surface area contributed by atoms with E-state index in [-0.39, 0.29) is 27.3 Å². The molecule has 0 bridgehead atoms. The van der Waals surface area contributed by atoms with Crippen LogP contribution >= 0.6 is 12.4 Å². The number of fused-ring (bicyclic) bond motifs is 2. The van der Waals surface area contributed by atoms with Gasteiger partial charge in [0.25, 0.3) is 0 Å². The monoisotopic (exact) mass is 612 g/mol. The van der Waals surface area contributed by atoms with Gasteiger partial charge in [-0.1, -0.05) is 96.1 Å². The van der Waals surface area contributed by atoms with E-state index in [9.17, 15) is 0 Å². The van der Waals surface area contributed by atoms with E-state index in [2.05, 4.69) is 134 Å². The molecule has 2 aliphatic carbocycles. The van der Waals surface area contributed by atoms with Gasteiger partial charge in [-0.3, -0.25) is 12.2 Å².